The van der Waals surface area contributed by atoms with Crippen LogP contribution in [0.15, 0.2) is 5.10 Å². The van der Waals surface area contributed by atoms with Gasteiger partial charge in [0.2, 0.25) is 0 Å². The van der Waals surface area contributed by atoms with Crippen molar-refractivity contribution in [2.24, 2.45) is 5.10 Å². The van der Waals surface area contributed by atoms with Crippen molar-refractivity contribution in [1.82, 2.24) is 5.17 Å². The molecule has 43 heavy (non-hydrogen) atoms. The monoisotopic (exact) mass is 607 g/mol. The van der Waals surface area contributed by atoms with Gasteiger partial charge in [-0.1, -0.05) is 229 Å². The second-order valence-corrected chi connectivity index (χ2v) is 13.3. The van der Waals surface area contributed by atoms with Crippen molar-refractivity contribution in [3.8, 4) is 0 Å². The van der Waals surface area contributed by atoms with Crippen LogP contribution < -0.4 is 0 Å². The standard InChI is InChI=1S/C38H74N2O3/c1-2-3-4-5-6-7-8-9-10-11-12-13-14-15-16-17-18-19-20-21-22-23-24-25-26-27-28-29-30-31-32-33-34-35-36-38(42)40(43)39-37-41/h43H,2-36H2,1H3. The largest absolute Gasteiger partial charge is 0.270 e. The molecule has 0 unspecified atom stereocenters. The Kier molecular flexibility index (Phi) is 36.0. The van der Waals surface area contributed by atoms with Gasteiger partial charge in [-0.05, 0) is 6.42 Å². The van der Waals surface area contributed by atoms with Crippen LogP contribution in [-0.2, 0) is 9.59 Å². The van der Waals surface area contributed by atoms with Gasteiger partial charge in [-0.3, -0.25) is 10.0 Å². The fourth-order valence-electron chi connectivity index (χ4n) is 6.20. The summed E-state index contributed by atoms with van der Waals surface area (Å²) in [6.45, 7) is 2.30. The predicted octanol–water partition coefficient (Wildman–Crippen LogP) is 13.1. The second kappa shape index (κ2) is 37.0. The second-order valence-electron chi connectivity index (χ2n) is 13.3. The Morgan fingerprint density at radius 2 is 0.651 bits per heavy atom. The molecule has 0 fully saturated rings. The van der Waals surface area contributed by atoms with Crippen molar-refractivity contribution in [1.29, 1.82) is 0 Å². The molecule has 0 saturated carbocycles. The molecule has 0 rings (SSSR count). The Balaban J connectivity index is 3.10. The number of hydrogen-bond acceptors (Lipinski definition) is 4. The molecular formula is C38H74N2O3. The van der Waals surface area contributed by atoms with E-state index in [-0.39, 0.29) is 11.6 Å². The molecule has 0 bridgehead atoms. The van der Waals surface area contributed by atoms with Crippen molar-refractivity contribution in [3.63, 3.8) is 0 Å². The summed E-state index contributed by atoms with van der Waals surface area (Å²) in [6.07, 6.45) is 48.4. The zero-order valence-corrected chi connectivity index (χ0v) is 28.9. The molecule has 5 nitrogen and oxygen atoms in total. The maximum atomic E-state index is 11.4. The summed E-state index contributed by atoms with van der Waals surface area (Å²) in [5, 5.41) is 12.1. The van der Waals surface area contributed by atoms with E-state index in [0.29, 0.717) is 0 Å². The fourth-order valence-corrected chi connectivity index (χ4v) is 6.20. The normalized spacial score (nSPS) is 11.1. The summed E-state index contributed by atoms with van der Waals surface area (Å²) < 4.78 is 0. The number of unbranched alkanes of at least 4 members (excludes halogenated alkanes) is 33. The number of carbonyl (C=O) groups excluding carboxylic acids is 2. The lowest BCUT2D eigenvalue weighted by Crippen LogP contribution is -2.20. The van der Waals surface area contributed by atoms with E-state index >= 15 is 0 Å². The molecule has 0 aliphatic rings. The Morgan fingerprint density at radius 1 is 0.442 bits per heavy atom. The van der Waals surface area contributed by atoms with Gasteiger partial charge in [-0.15, -0.1) is 0 Å². The lowest BCUT2D eigenvalue weighted by Gasteiger charge is -2.06. The summed E-state index contributed by atoms with van der Waals surface area (Å²) in [4.78, 5) is 21.4. The highest BCUT2D eigenvalue weighted by atomic mass is 16.5. The van der Waals surface area contributed by atoms with Crippen molar-refractivity contribution in [2.75, 3.05) is 0 Å². The van der Waals surface area contributed by atoms with Gasteiger partial charge in [-0.25, -0.2) is 4.79 Å². The van der Waals surface area contributed by atoms with Crippen LogP contribution in [0.3, 0.4) is 0 Å². The molecule has 0 aromatic carbocycles. The third-order valence-electron chi connectivity index (χ3n) is 9.10. The zero-order valence-electron chi connectivity index (χ0n) is 28.9. The molecule has 1 N–H and O–H groups in total. The average molecular weight is 607 g/mol. The zero-order chi connectivity index (χ0) is 31.3. The average Bonchev–Trinajstić information content (AvgIpc) is 3.01. The Hall–Kier alpha value is -1.19. The molecule has 0 radical (unpaired) electrons. The first-order valence-corrected chi connectivity index (χ1v) is 19.3. The molecule has 0 saturated heterocycles. The molecule has 0 atom stereocenters. The molecule has 0 aromatic rings. The lowest BCUT2D eigenvalue weighted by atomic mass is 10.0. The van der Waals surface area contributed by atoms with Crippen molar-refractivity contribution >= 4 is 12.0 Å². The molecule has 0 aliphatic carbocycles. The van der Waals surface area contributed by atoms with E-state index in [9.17, 15) is 9.59 Å². The molecule has 0 aliphatic heterocycles. The van der Waals surface area contributed by atoms with Gasteiger partial charge < -0.3 is 0 Å². The SMILES string of the molecule is CCCCCCCCCCCCCCCCCCCCCCCCCCCCCCCCCCCCC(=O)N(O)N=C=O. The highest BCUT2D eigenvalue weighted by Gasteiger charge is 2.08. The summed E-state index contributed by atoms with van der Waals surface area (Å²) in [5.74, 6) is -0.542. The smallest absolute Gasteiger partial charge is 0.269 e. The molecule has 0 aromatic heterocycles. The van der Waals surface area contributed by atoms with Crippen LogP contribution in [0.5, 0.6) is 0 Å². The maximum absolute atomic E-state index is 11.4. The van der Waals surface area contributed by atoms with Crippen LogP contribution in [0.4, 0.5) is 0 Å². The predicted molar refractivity (Wildman–Crippen MR) is 184 cm³/mol. The Labute approximate surface area is 268 Å². The van der Waals surface area contributed by atoms with Gasteiger partial charge in [0.25, 0.3) is 12.0 Å². The number of amides is 1. The lowest BCUT2D eigenvalue weighted by molar-refractivity contribution is -0.165. The molecule has 1 amide bonds. The highest BCUT2D eigenvalue weighted by molar-refractivity contribution is 5.74. The summed E-state index contributed by atoms with van der Waals surface area (Å²) in [5.41, 5.74) is 0. The van der Waals surface area contributed by atoms with Crippen LogP contribution in [0.25, 0.3) is 0 Å². The van der Waals surface area contributed by atoms with E-state index in [1.165, 1.54) is 199 Å². The first-order valence-electron chi connectivity index (χ1n) is 19.3. The molecule has 254 valence electrons. The number of rotatable bonds is 36. The van der Waals surface area contributed by atoms with E-state index in [0.717, 1.165) is 25.3 Å². The minimum atomic E-state index is -0.542. The molecular weight excluding hydrogens is 532 g/mol. The van der Waals surface area contributed by atoms with E-state index < -0.39 is 5.91 Å². The number of hydroxylamine groups is 1. The van der Waals surface area contributed by atoms with Crippen LogP contribution in [0.1, 0.15) is 232 Å². The maximum Gasteiger partial charge on any atom is 0.269 e. The van der Waals surface area contributed by atoms with Gasteiger partial charge in [0.1, 0.15) is 0 Å². The fraction of sp³-hybridized carbons (Fsp3) is 0.947. The topological polar surface area (TPSA) is 70.0 Å². The van der Waals surface area contributed by atoms with Crippen molar-refractivity contribution < 1.29 is 14.8 Å². The van der Waals surface area contributed by atoms with Crippen LogP contribution in [0.2, 0.25) is 0 Å². The van der Waals surface area contributed by atoms with E-state index in [1.54, 1.807) is 0 Å². The number of nitrogens with zero attached hydrogens (tertiary/aromatic N) is 2. The number of isocyanates is 1. The number of hydrogen-bond donors (Lipinski definition) is 1. The third-order valence-corrected chi connectivity index (χ3v) is 9.10. The van der Waals surface area contributed by atoms with E-state index in [1.807, 2.05) is 0 Å². The van der Waals surface area contributed by atoms with E-state index in [2.05, 4.69) is 12.0 Å². The Morgan fingerprint density at radius 3 is 0.860 bits per heavy atom. The summed E-state index contributed by atoms with van der Waals surface area (Å²) in [7, 11) is 0. The van der Waals surface area contributed by atoms with Crippen molar-refractivity contribution in [3.05, 3.63) is 0 Å². The third kappa shape index (κ3) is 35.2. The van der Waals surface area contributed by atoms with Gasteiger partial charge >= 0.3 is 0 Å². The minimum Gasteiger partial charge on any atom is -0.270 e. The number of hydrazone groups is 1. The van der Waals surface area contributed by atoms with Gasteiger partial charge in [-0.2, -0.15) is 0 Å². The van der Waals surface area contributed by atoms with Gasteiger partial charge in [0.15, 0.2) is 0 Å². The first-order chi connectivity index (χ1) is 21.2. The Bertz CT molecular complexity index is 606. The van der Waals surface area contributed by atoms with Gasteiger partial charge in [0.05, 0.1) is 0 Å². The highest BCUT2D eigenvalue weighted by Crippen LogP contribution is 2.17. The molecule has 0 spiro atoms. The quantitative estimate of drug-likeness (QED) is 0.0253. The number of carbonyl (C=O) groups is 1. The van der Waals surface area contributed by atoms with Crippen molar-refractivity contribution in [2.45, 2.75) is 232 Å². The molecule has 0 heterocycles. The first kappa shape index (κ1) is 41.8. The minimum absolute atomic E-state index is 0.0939. The summed E-state index contributed by atoms with van der Waals surface area (Å²) >= 11 is 0. The van der Waals surface area contributed by atoms with Crippen LogP contribution in [0, 0.1) is 0 Å². The van der Waals surface area contributed by atoms with Crippen LogP contribution >= 0.6 is 0 Å². The van der Waals surface area contributed by atoms with Gasteiger partial charge in [0, 0.05) is 6.42 Å². The summed E-state index contributed by atoms with van der Waals surface area (Å²) in [6, 6.07) is 0. The van der Waals surface area contributed by atoms with Crippen LogP contribution in [-0.4, -0.2) is 22.4 Å². The van der Waals surface area contributed by atoms with E-state index in [4.69, 9.17) is 5.21 Å². The molecule has 5 heteroatoms.